The quantitative estimate of drug-likeness (QED) is 0.559. The molecule has 2 aromatic heterocycles. The van der Waals surface area contributed by atoms with Crippen LogP contribution in [0.15, 0.2) is 47.2 Å². The Hall–Kier alpha value is -2.40. The van der Waals surface area contributed by atoms with Crippen LogP contribution in [0.25, 0.3) is 11.1 Å². The molecule has 26 heavy (non-hydrogen) atoms. The van der Waals surface area contributed by atoms with Crippen LogP contribution in [0.3, 0.4) is 0 Å². The van der Waals surface area contributed by atoms with Crippen molar-refractivity contribution in [3.05, 3.63) is 69.7 Å². The number of nitrogens with zero attached hydrogens (tertiary/aromatic N) is 1. The minimum atomic E-state index is -0.185. The number of ketones is 1. The van der Waals surface area contributed by atoms with Gasteiger partial charge in [0.1, 0.15) is 5.75 Å². The first kappa shape index (κ1) is 18.4. The number of carbonyl (C=O) groups excluding carboxylic acids is 1. The number of aromatic nitrogens is 2. The van der Waals surface area contributed by atoms with Crippen molar-refractivity contribution in [2.75, 3.05) is 0 Å². The average Bonchev–Trinajstić information content (AvgIpc) is 2.92. The first-order valence-electron chi connectivity index (χ1n) is 8.53. The fraction of sp³-hybridized carbons (Fsp3) is 0.238. The summed E-state index contributed by atoms with van der Waals surface area (Å²) < 4.78 is 0.752. The molecule has 0 aliphatic carbocycles. The molecule has 0 aliphatic heterocycles. The number of nitrogens with one attached hydrogen (secondary N) is 1. The second kappa shape index (κ2) is 7.46. The van der Waals surface area contributed by atoms with Crippen molar-refractivity contribution in [2.24, 2.45) is 5.92 Å². The van der Waals surface area contributed by atoms with E-state index in [4.69, 9.17) is 0 Å². The van der Waals surface area contributed by atoms with Gasteiger partial charge in [-0.05, 0) is 55.2 Å². The Morgan fingerprint density at radius 3 is 2.58 bits per heavy atom. The summed E-state index contributed by atoms with van der Waals surface area (Å²) in [6.07, 6.45) is 4.19. The van der Waals surface area contributed by atoms with Gasteiger partial charge < -0.3 is 10.1 Å². The smallest absolute Gasteiger partial charge is 0.199 e. The van der Waals surface area contributed by atoms with Crippen LogP contribution in [0.4, 0.5) is 0 Å². The van der Waals surface area contributed by atoms with Crippen LogP contribution >= 0.6 is 15.9 Å². The number of hydrogen-bond acceptors (Lipinski definition) is 3. The van der Waals surface area contributed by atoms with Crippen molar-refractivity contribution in [1.82, 2.24) is 9.97 Å². The van der Waals surface area contributed by atoms with Gasteiger partial charge in [0.05, 0.1) is 11.1 Å². The first-order chi connectivity index (χ1) is 12.4. The Labute approximate surface area is 161 Å². The van der Waals surface area contributed by atoms with E-state index in [1.54, 1.807) is 24.5 Å². The molecule has 5 heteroatoms. The lowest BCUT2D eigenvalue weighted by Crippen LogP contribution is -2.08. The third-order valence-corrected chi connectivity index (χ3v) is 4.77. The molecule has 0 spiro atoms. The van der Waals surface area contributed by atoms with E-state index in [9.17, 15) is 9.90 Å². The van der Waals surface area contributed by atoms with E-state index in [-0.39, 0.29) is 11.5 Å². The molecule has 0 fully saturated rings. The number of hydrogen-bond donors (Lipinski definition) is 2. The lowest BCUT2D eigenvalue weighted by Gasteiger charge is -2.11. The van der Waals surface area contributed by atoms with E-state index in [2.05, 4.69) is 39.7 Å². The minimum absolute atomic E-state index is 0.0202. The molecule has 4 nitrogen and oxygen atoms in total. The molecule has 1 aromatic carbocycles. The van der Waals surface area contributed by atoms with E-state index < -0.39 is 0 Å². The molecule has 0 aliphatic rings. The molecular weight excluding hydrogens is 392 g/mol. The van der Waals surface area contributed by atoms with Crippen LogP contribution in [0.2, 0.25) is 0 Å². The predicted octanol–water partition coefficient (Wildman–Crippen LogP) is 5.28. The Morgan fingerprint density at radius 2 is 1.92 bits per heavy atom. The topological polar surface area (TPSA) is 66.0 Å². The number of H-pyrrole nitrogens is 1. The first-order valence-corrected chi connectivity index (χ1v) is 9.32. The zero-order chi connectivity index (χ0) is 18.8. The summed E-state index contributed by atoms with van der Waals surface area (Å²) in [5.74, 6) is 0.185. The molecule has 2 heterocycles. The van der Waals surface area contributed by atoms with E-state index in [1.165, 1.54) is 6.07 Å². The molecule has 3 rings (SSSR count). The van der Waals surface area contributed by atoms with Gasteiger partial charge in [0.25, 0.3) is 0 Å². The number of rotatable bonds is 5. The number of pyridine rings is 1. The second-order valence-corrected chi connectivity index (χ2v) is 7.72. The average molecular weight is 413 g/mol. The molecule has 0 saturated heterocycles. The van der Waals surface area contributed by atoms with Gasteiger partial charge in [-0.1, -0.05) is 29.8 Å². The highest BCUT2D eigenvalue weighted by atomic mass is 79.9. The number of carbonyl (C=O) groups is 1. The van der Waals surface area contributed by atoms with Crippen molar-refractivity contribution in [3.63, 3.8) is 0 Å². The van der Waals surface area contributed by atoms with E-state index in [0.29, 0.717) is 17.0 Å². The molecule has 0 radical (unpaired) electrons. The van der Waals surface area contributed by atoms with Crippen LogP contribution < -0.4 is 0 Å². The third kappa shape index (κ3) is 3.58. The molecule has 0 amide bonds. The van der Waals surface area contributed by atoms with Crippen molar-refractivity contribution >= 4 is 21.7 Å². The predicted molar refractivity (Wildman–Crippen MR) is 107 cm³/mol. The Morgan fingerprint density at radius 1 is 1.23 bits per heavy atom. The van der Waals surface area contributed by atoms with Crippen molar-refractivity contribution in [2.45, 2.75) is 27.2 Å². The maximum absolute atomic E-state index is 13.4. The van der Waals surface area contributed by atoms with E-state index >= 15 is 0 Å². The monoisotopic (exact) mass is 412 g/mol. The van der Waals surface area contributed by atoms with Crippen LogP contribution in [-0.4, -0.2) is 20.9 Å². The summed E-state index contributed by atoms with van der Waals surface area (Å²) in [5, 5.41) is 10.2. The molecule has 0 saturated carbocycles. The third-order valence-electron chi connectivity index (χ3n) is 4.28. The van der Waals surface area contributed by atoms with Gasteiger partial charge in [0.15, 0.2) is 5.78 Å². The number of phenols is 1. The van der Waals surface area contributed by atoms with Gasteiger partial charge in [-0.3, -0.25) is 9.78 Å². The number of halogens is 1. The molecule has 0 unspecified atom stereocenters. The number of aromatic amines is 1. The SMILES string of the molecule is Cc1[nH]c(CC(C)C)c(C(=O)c2cc(Br)ccc2O)c1-c1ccncc1. The fourth-order valence-corrected chi connectivity index (χ4v) is 3.57. The molecule has 134 valence electrons. The molecule has 0 bridgehead atoms. The highest BCUT2D eigenvalue weighted by Crippen LogP contribution is 2.35. The summed E-state index contributed by atoms with van der Waals surface area (Å²) >= 11 is 3.39. The lowest BCUT2D eigenvalue weighted by atomic mass is 9.92. The number of aryl methyl sites for hydroxylation is 1. The number of aromatic hydroxyl groups is 1. The molecule has 2 N–H and O–H groups in total. The molecule has 3 aromatic rings. The van der Waals surface area contributed by atoms with Gasteiger partial charge in [-0.15, -0.1) is 0 Å². The maximum Gasteiger partial charge on any atom is 0.199 e. The summed E-state index contributed by atoms with van der Waals surface area (Å²) in [6.45, 7) is 6.21. The lowest BCUT2D eigenvalue weighted by molar-refractivity contribution is 0.103. The summed E-state index contributed by atoms with van der Waals surface area (Å²) in [4.78, 5) is 20.9. The van der Waals surface area contributed by atoms with Crippen LogP contribution in [0.5, 0.6) is 5.75 Å². The standard InChI is InChI=1S/C21H21BrN2O2/c1-12(2)10-17-20(21(26)16-11-15(22)4-5-18(16)25)19(13(3)24-17)14-6-8-23-9-7-14/h4-9,11-12,24-25H,10H2,1-3H3. The molecule has 0 atom stereocenters. The van der Waals surface area contributed by atoms with Crippen molar-refractivity contribution < 1.29 is 9.90 Å². The van der Waals surface area contributed by atoms with Gasteiger partial charge in [-0.2, -0.15) is 0 Å². The summed E-state index contributed by atoms with van der Waals surface area (Å²) in [7, 11) is 0. The Balaban J connectivity index is 2.23. The zero-order valence-corrected chi connectivity index (χ0v) is 16.6. The van der Waals surface area contributed by atoms with Crippen LogP contribution in [0, 0.1) is 12.8 Å². The largest absolute Gasteiger partial charge is 0.507 e. The summed E-state index contributed by atoms with van der Waals surface area (Å²) in [5.41, 5.74) is 4.54. The van der Waals surface area contributed by atoms with Crippen LogP contribution in [0.1, 0.15) is 41.2 Å². The fourth-order valence-electron chi connectivity index (χ4n) is 3.21. The molecular formula is C21H21BrN2O2. The van der Waals surface area contributed by atoms with Crippen molar-refractivity contribution in [1.29, 1.82) is 0 Å². The zero-order valence-electron chi connectivity index (χ0n) is 15.0. The van der Waals surface area contributed by atoms with Gasteiger partial charge in [0, 0.05) is 33.8 Å². The Bertz CT molecular complexity index is 946. The van der Waals surface area contributed by atoms with E-state index in [1.807, 2.05) is 19.1 Å². The minimum Gasteiger partial charge on any atom is -0.507 e. The van der Waals surface area contributed by atoms with Gasteiger partial charge >= 0.3 is 0 Å². The highest BCUT2D eigenvalue weighted by Gasteiger charge is 2.25. The number of benzene rings is 1. The normalized spacial score (nSPS) is 11.1. The maximum atomic E-state index is 13.4. The van der Waals surface area contributed by atoms with E-state index in [0.717, 1.165) is 33.4 Å². The number of phenolic OH excluding ortho intramolecular Hbond substituents is 1. The summed E-state index contributed by atoms with van der Waals surface area (Å²) in [6, 6.07) is 8.70. The van der Waals surface area contributed by atoms with Crippen LogP contribution in [-0.2, 0) is 6.42 Å². The van der Waals surface area contributed by atoms with Gasteiger partial charge in [-0.25, -0.2) is 0 Å². The Kier molecular flexibility index (Phi) is 5.28. The second-order valence-electron chi connectivity index (χ2n) is 6.80. The van der Waals surface area contributed by atoms with Crippen molar-refractivity contribution in [3.8, 4) is 16.9 Å². The van der Waals surface area contributed by atoms with Gasteiger partial charge in [0.2, 0.25) is 0 Å². The highest BCUT2D eigenvalue weighted by molar-refractivity contribution is 9.10.